The van der Waals surface area contributed by atoms with E-state index in [4.69, 9.17) is 4.42 Å². The van der Waals surface area contributed by atoms with E-state index < -0.39 is 0 Å². The molecule has 0 radical (unpaired) electrons. The number of likely N-dealkylation sites (N-methyl/N-ethyl adjacent to an activating group) is 1. The van der Waals surface area contributed by atoms with Crippen molar-refractivity contribution in [2.75, 3.05) is 44.7 Å². The SMILES string of the molecule is CN1CC[C@H]2CN(C3CCN(c4nc5ccccc5o4)CC3)C[C@H]21. The number of benzene rings is 1. The maximum absolute atomic E-state index is 5.94. The Balaban J connectivity index is 1.23. The van der Waals surface area contributed by atoms with Crippen LogP contribution in [0.1, 0.15) is 19.3 Å². The maximum atomic E-state index is 5.94. The fraction of sp³-hybridized carbons (Fsp3) is 0.632. The summed E-state index contributed by atoms with van der Waals surface area (Å²) in [6.45, 7) is 5.98. The fourth-order valence-corrected chi connectivity index (χ4v) is 4.92. The number of rotatable bonds is 2. The van der Waals surface area contributed by atoms with E-state index in [1.54, 1.807) is 0 Å². The molecule has 128 valence electrons. The minimum absolute atomic E-state index is 0.740. The van der Waals surface area contributed by atoms with Gasteiger partial charge in [-0.2, -0.15) is 4.98 Å². The highest BCUT2D eigenvalue weighted by molar-refractivity contribution is 5.74. The molecule has 0 unspecified atom stereocenters. The molecule has 24 heavy (non-hydrogen) atoms. The van der Waals surface area contributed by atoms with Crippen molar-refractivity contribution >= 4 is 17.1 Å². The summed E-state index contributed by atoms with van der Waals surface area (Å²) in [4.78, 5) is 12.3. The first kappa shape index (κ1) is 14.7. The normalized spacial score (nSPS) is 29.6. The number of likely N-dealkylation sites (tertiary alicyclic amines) is 2. The third kappa shape index (κ3) is 2.42. The molecule has 2 atom stereocenters. The first-order valence-corrected chi connectivity index (χ1v) is 9.33. The van der Waals surface area contributed by atoms with E-state index in [0.717, 1.165) is 48.2 Å². The van der Waals surface area contributed by atoms with Gasteiger partial charge in [-0.25, -0.2) is 0 Å². The lowest BCUT2D eigenvalue weighted by atomic mass is 10.0. The number of piperidine rings is 1. The van der Waals surface area contributed by atoms with E-state index in [0.29, 0.717) is 0 Å². The Kier molecular flexibility index (Phi) is 3.52. The predicted molar refractivity (Wildman–Crippen MR) is 95.3 cm³/mol. The molecule has 0 aliphatic carbocycles. The average molecular weight is 326 g/mol. The van der Waals surface area contributed by atoms with Gasteiger partial charge < -0.3 is 14.2 Å². The molecule has 0 saturated carbocycles. The highest BCUT2D eigenvalue weighted by atomic mass is 16.4. The quantitative estimate of drug-likeness (QED) is 0.847. The lowest BCUT2D eigenvalue weighted by molar-refractivity contribution is 0.179. The summed E-state index contributed by atoms with van der Waals surface area (Å²) in [6, 6.07) is 10.4. The van der Waals surface area contributed by atoms with Gasteiger partial charge in [-0.3, -0.25) is 4.90 Å². The topological polar surface area (TPSA) is 35.8 Å². The number of hydrogen-bond acceptors (Lipinski definition) is 5. The second-order valence-electron chi connectivity index (χ2n) is 7.73. The Morgan fingerprint density at radius 1 is 1.04 bits per heavy atom. The van der Waals surface area contributed by atoms with Crippen LogP contribution in [-0.4, -0.2) is 66.6 Å². The lowest BCUT2D eigenvalue weighted by Gasteiger charge is -2.36. The van der Waals surface area contributed by atoms with Gasteiger partial charge in [0.2, 0.25) is 0 Å². The Labute approximate surface area is 143 Å². The van der Waals surface area contributed by atoms with Crippen molar-refractivity contribution in [1.82, 2.24) is 14.8 Å². The Morgan fingerprint density at radius 3 is 2.67 bits per heavy atom. The number of nitrogens with zero attached hydrogens (tertiary/aromatic N) is 4. The molecule has 4 heterocycles. The van der Waals surface area contributed by atoms with Gasteiger partial charge in [0.1, 0.15) is 5.52 Å². The first-order chi connectivity index (χ1) is 11.8. The highest BCUT2D eigenvalue weighted by Gasteiger charge is 2.42. The Hall–Kier alpha value is -1.59. The first-order valence-electron chi connectivity index (χ1n) is 9.33. The Morgan fingerprint density at radius 2 is 1.88 bits per heavy atom. The summed E-state index contributed by atoms with van der Waals surface area (Å²) in [5.41, 5.74) is 1.86. The van der Waals surface area contributed by atoms with E-state index in [2.05, 4.69) is 26.7 Å². The van der Waals surface area contributed by atoms with Crippen LogP contribution in [0.5, 0.6) is 0 Å². The van der Waals surface area contributed by atoms with Crippen LogP contribution >= 0.6 is 0 Å². The Bertz CT molecular complexity index is 688. The van der Waals surface area contributed by atoms with Gasteiger partial charge in [0.05, 0.1) is 0 Å². The van der Waals surface area contributed by atoms with Crippen molar-refractivity contribution in [3.05, 3.63) is 24.3 Å². The second kappa shape index (κ2) is 5.74. The number of aromatic nitrogens is 1. The molecule has 2 aromatic rings. The molecule has 3 saturated heterocycles. The van der Waals surface area contributed by atoms with Crippen LogP contribution < -0.4 is 4.90 Å². The summed E-state index contributed by atoms with van der Waals surface area (Å²) in [5.74, 6) is 0.907. The van der Waals surface area contributed by atoms with Crippen LogP contribution in [0.25, 0.3) is 11.1 Å². The number of fused-ring (bicyclic) bond motifs is 2. The smallest absolute Gasteiger partial charge is 0.298 e. The fourth-order valence-electron chi connectivity index (χ4n) is 4.92. The molecule has 0 bridgehead atoms. The van der Waals surface area contributed by atoms with Gasteiger partial charge in [-0.15, -0.1) is 0 Å². The van der Waals surface area contributed by atoms with Crippen LogP contribution in [0.3, 0.4) is 0 Å². The number of oxazole rings is 1. The largest absolute Gasteiger partial charge is 0.423 e. The van der Waals surface area contributed by atoms with E-state index in [9.17, 15) is 0 Å². The number of anilines is 1. The lowest BCUT2D eigenvalue weighted by Crippen LogP contribution is -2.45. The van der Waals surface area contributed by atoms with Crippen LogP contribution in [0.2, 0.25) is 0 Å². The van der Waals surface area contributed by atoms with Crippen LogP contribution in [0.15, 0.2) is 28.7 Å². The number of para-hydroxylation sites is 2. The molecule has 3 aliphatic heterocycles. The zero-order chi connectivity index (χ0) is 16.1. The molecule has 1 aromatic carbocycles. The summed E-state index contributed by atoms with van der Waals surface area (Å²) >= 11 is 0. The van der Waals surface area contributed by atoms with Crippen molar-refractivity contribution in [2.24, 2.45) is 5.92 Å². The van der Waals surface area contributed by atoms with Crippen LogP contribution in [0, 0.1) is 5.92 Å². The molecule has 0 spiro atoms. The van der Waals surface area contributed by atoms with Crippen molar-refractivity contribution in [3.63, 3.8) is 0 Å². The molecule has 3 aliphatic rings. The molecule has 5 rings (SSSR count). The van der Waals surface area contributed by atoms with Crippen LogP contribution in [0.4, 0.5) is 6.01 Å². The monoisotopic (exact) mass is 326 g/mol. The molecular formula is C19H26N4O. The number of hydrogen-bond donors (Lipinski definition) is 0. The van der Waals surface area contributed by atoms with Crippen molar-refractivity contribution in [1.29, 1.82) is 0 Å². The average Bonchev–Trinajstić information content (AvgIpc) is 3.30. The molecule has 0 amide bonds. The van der Waals surface area contributed by atoms with Gasteiger partial charge in [0, 0.05) is 38.3 Å². The molecule has 5 nitrogen and oxygen atoms in total. The van der Waals surface area contributed by atoms with E-state index in [-0.39, 0.29) is 0 Å². The predicted octanol–water partition coefficient (Wildman–Crippen LogP) is 2.43. The van der Waals surface area contributed by atoms with Gasteiger partial charge in [-0.1, -0.05) is 12.1 Å². The minimum atomic E-state index is 0.740. The van der Waals surface area contributed by atoms with Crippen molar-refractivity contribution in [3.8, 4) is 0 Å². The maximum Gasteiger partial charge on any atom is 0.298 e. The second-order valence-corrected chi connectivity index (χ2v) is 7.73. The molecule has 5 heteroatoms. The molecular weight excluding hydrogens is 300 g/mol. The van der Waals surface area contributed by atoms with Crippen molar-refractivity contribution in [2.45, 2.75) is 31.3 Å². The van der Waals surface area contributed by atoms with Gasteiger partial charge >= 0.3 is 0 Å². The third-order valence-corrected chi connectivity index (χ3v) is 6.39. The summed E-state index contributed by atoms with van der Waals surface area (Å²) in [7, 11) is 2.30. The van der Waals surface area contributed by atoms with Crippen LogP contribution in [-0.2, 0) is 0 Å². The third-order valence-electron chi connectivity index (χ3n) is 6.39. The summed E-state index contributed by atoms with van der Waals surface area (Å²) in [5, 5.41) is 0. The molecule has 0 N–H and O–H groups in total. The summed E-state index contributed by atoms with van der Waals surface area (Å²) < 4.78 is 5.94. The van der Waals surface area contributed by atoms with E-state index in [1.165, 1.54) is 38.9 Å². The highest BCUT2D eigenvalue weighted by Crippen LogP contribution is 2.34. The zero-order valence-electron chi connectivity index (χ0n) is 14.4. The van der Waals surface area contributed by atoms with E-state index in [1.807, 2.05) is 24.3 Å². The minimum Gasteiger partial charge on any atom is -0.423 e. The zero-order valence-corrected chi connectivity index (χ0v) is 14.4. The molecule has 1 aromatic heterocycles. The van der Waals surface area contributed by atoms with Crippen molar-refractivity contribution < 1.29 is 4.42 Å². The van der Waals surface area contributed by atoms with Gasteiger partial charge in [0.15, 0.2) is 5.58 Å². The van der Waals surface area contributed by atoms with Gasteiger partial charge in [0.25, 0.3) is 6.01 Å². The van der Waals surface area contributed by atoms with E-state index >= 15 is 0 Å². The standard InChI is InChI=1S/C19H26N4O/c1-21-9-6-14-12-23(13-17(14)21)15-7-10-22(11-8-15)19-20-16-4-2-3-5-18(16)24-19/h2-5,14-15,17H,6-13H2,1H3/t14-,17+/m0/s1. The molecule has 3 fully saturated rings. The van der Waals surface area contributed by atoms with Gasteiger partial charge in [-0.05, 0) is 50.9 Å². The summed E-state index contributed by atoms with van der Waals surface area (Å²) in [6.07, 6.45) is 3.84.